The van der Waals surface area contributed by atoms with Gasteiger partial charge in [-0.15, -0.1) is 0 Å². The zero-order valence-corrected chi connectivity index (χ0v) is 33.3. The predicted octanol–water partition coefficient (Wildman–Crippen LogP) is 15.6. The lowest BCUT2D eigenvalue weighted by Crippen LogP contribution is -2.05. The Morgan fingerprint density at radius 2 is 0.898 bits per heavy atom. The highest BCUT2D eigenvalue weighted by atomic mass is 15.0. The lowest BCUT2D eigenvalue weighted by Gasteiger charge is -2.20. The van der Waals surface area contributed by atoms with Gasteiger partial charge >= 0.3 is 0 Å². The number of hydrogen-bond donors (Lipinski definition) is 0. The standard InChI is InChI=1S/C58H45N/c1-41-12-8-9-17-53(38-41)59-57-19-11-10-18-54(57)56-40-52(36-37-58(56)59)49-30-34-51(35-31-49)55(39-42-20-22-45(23-21-42)43-13-4-2-5-14-43)50-32-28-48(29-33-50)47-26-24-46(25-27-47)44-15-6-3-7-16-44/h2-7,9-38,40,55H,8,39H2,1H3. The highest BCUT2D eigenvalue weighted by Gasteiger charge is 2.18. The fourth-order valence-corrected chi connectivity index (χ4v) is 8.78. The average molecular weight is 756 g/mol. The van der Waals surface area contributed by atoms with Crippen LogP contribution >= 0.6 is 0 Å². The van der Waals surface area contributed by atoms with Gasteiger partial charge in [0.2, 0.25) is 0 Å². The smallest absolute Gasteiger partial charge is 0.0541 e. The summed E-state index contributed by atoms with van der Waals surface area (Å²) >= 11 is 0. The van der Waals surface area contributed by atoms with E-state index in [2.05, 4.69) is 236 Å². The topological polar surface area (TPSA) is 4.93 Å². The highest BCUT2D eigenvalue weighted by molar-refractivity contribution is 6.11. The zero-order valence-electron chi connectivity index (χ0n) is 33.3. The second-order valence-corrected chi connectivity index (χ2v) is 15.7. The molecule has 0 bridgehead atoms. The van der Waals surface area contributed by atoms with Crippen molar-refractivity contribution in [2.45, 2.75) is 25.7 Å². The van der Waals surface area contributed by atoms with Gasteiger partial charge in [0.25, 0.3) is 0 Å². The Hall–Kier alpha value is -7.22. The first kappa shape index (κ1) is 36.1. The van der Waals surface area contributed by atoms with Crippen LogP contribution in [0.4, 0.5) is 0 Å². The van der Waals surface area contributed by atoms with Gasteiger partial charge in [0, 0.05) is 22.4 Å². The first-order valence-corrected chi connectivity index (χ1v) is 20.7. The summed E-state index contributed by atoms with van der Waals surface area (Å²) in [4.78, 5) is 0. The summed E-state index contributed by atoms with van der Waals surface area (Å²) in [7, 11) is 0. The van der Waals surface area contributed by atoms with Crippen LogP contribution in [0, 0.1) is 0 Å². The summed E-state index contributed by atoms with van der Waals surface area (Å²) in [6.45, 7) is 2.19. The molecule has 1 aliphatic rings. The van der Waals surface area contributed by atoms with Crippen LogP contribution in [0.25, 0.3) is 72.0 Å². The quantitative estimate of drug-likeness (QED) is 0.138. The van der Waals surface area contributed by atoms with E-state index in [4.69, 9.17) is 0 Å². The minimum atomic E-state index is 0.194. The number of benzene rings is 8. The van der Waals surface area contributed by atoms with Crippen LogP contribution in [0.1, 0.15) is 36.0 Å². The first-order valence-electron chi connectivity index (χ1n) is 20.7. The molecule has 282 valence electrons. The molecule has 9 aromatic rings. The van der Waals surface area contributed by atoms with E-state index in [0.717, 1.165) is 12.8 Å². The third kappa shape index (κ3) is 7.40. The highest BCUT2D eigenvalue weighted by Crippen LogP contribution is 2.37. The van der Waals surface area contributed by atoms with Gasteiger partial charge in [0.1, 0.15) is 0 Å². The van der Waals surface area contributed by atoms with E-state index in [1.165, 1.54) is 94.3 Å². The van der Waals surface area contributed by atoms with Crippen LogP contribution in [-0.4, -0.2) is 4.57 Å². The number of para-hydroxylation sites is 1. The van der Waals surface area contributed by atoms with Crippen molar-refractivity contribution in [3.05, 3.63) is 247 Å². The molecule has 1 nitrogen and oxygen atoms in total. The molecule has 0 saturated carbocycles. The maximum Gasteiger partial charge on any atom is 0.0541 e. The van der Waals surface area contributed by atoms with E-state index in [9.17, 15) is 0 Å². The Kier molecular flexibility index (Phi) is 9.78. The van der Waals surface area contributed by atoms with Gasteiger partial charge in [0.05, 0.1) is 11.0 Å². The second kappa shape index (κ2) is 16.0. The van der Waals surface area contributed by atoms with E-state index >= 15 is 0 Å². The van der Waals surface area contributed by atoms with Gasteiger partial charge in [-0.2, -0.15) is 0 Å². The molecular weight excluding hydrogens is 711 g/mol. The lowest BCUT2D eigenvalue weighted by atomic mass is 9.84. The molecule has 1 heteroatoms. The van der Waals surface area contributed by atoms with Gasteiger partial charge in [-0.05, 0) is 111 Å². The molecular formula is C58H45N. The van der Waals surface area contributed by atoms with Gasteiger partial charge in [-0.1, -0.05) is 200 Å². The Balaban J connectivity index is 0.979. The maximum absolute atomic E-state index is 2.42. The SMILES string of the molecule is CC1=CCC=CC(n2c3ccccc3c3cc(-c4ccc(C(Cc5ccc(-c6ccccc6)cc5)c5ccc(-c6ccc(-c7ccccc7)cc6)cc5)cc4)ccc32)=C1. The molecule has 0 saturated heterocycles. The molecule has 1 aliphatic carbocycles. The van der Waals surface area contributed by atoms with Gasteiger partial charge in [0.15, 0.2) is 0 Å². The summed E-state index contributed by atoms with van der Waals surface area (Å²) in [5.74, 6) is 0.194. The molecule has 8 aromatic carbocycles. The predicted molar refractivity (Wildman–Crippen MR) is 251 cm³/mol. The van der Waals surface area contributed by atoms with Crippen molar-refractivity contribution in [1.29, 1.82) is 0 Å². The molecule has 0 N–H and O–H groups in total. The molecule has 10 rings (SSSR count). The van der Waals surface area contributed by atoms with Crippen molar-refractivity contribution in [3.63, 3.8) is 0 Å². The van der Waals surface area contributed by atoms with Gasteiger partial charge < -0.3 is 4.57 Å². The number of nitrogens with zero attached hydrogens (tertiary/aromatic N) is 1. The van der Waals surface area contributed by atoms with Gasteiger partial charge in [-0.25, -0.2) is 0 Å². The van der Waals surface area contributed by atoms with Crippen LogP contribution in [0.5, 0.6) is 0 Å². The molecule has 59 heavy (non-hydrogen) atoms. The molecule has 0 radical (unpaired) electrons. The molecule has 0 fully saturated rings. The van der Waals surface area contributed by atoms with E-state index in [1.54, 1.807) is 0 Å². The van der Waals surface area contributed by atoms with Crippen LogP contribution in [0.3, 0.4) is 0 Å². The Morgan fingerprint density at radius 1 is 0.441 bits per heavy atom. The number of hydrogen-bond acceptors (Lipinski definition) is 0. The van der Waals surface area contributed by atoms with Crippen molar-refractivity contribution >= 4 is 27.5 Å². The second-order valence-electron chi connectivity index (χ2n) is 15.7. The molecule has 1 heterocycles. The van der Waals surface area contributed by atoms with E-state index in [1.807, 2.05) is 0 Å². The maximum atomic E-state index is 2.42. The Bertz CT molecular complexity index is 2980. The van der Waals surface area contributed by atoms with Crippen LogP contribution in [-0.2, 0) is 6.42 Å². The van der Waals surface area contributed by atoms with E-state index < -0.39 is 0 Å². The van der Waals surface area contributed by atoms with Crippen molar-refractivity contribution in [2.75, 3.05) is 0 Å². The zero-order chi connectivity index (χ0) is 39.5. The van der Waals surface area contributed by atoms with Crippen LogP contribution < -0.4 is 0 Å². The van der Waals surface area contributed by atoms with Crippen molar-refractivity contribution in [1.82, 2.24) is 4.57 Å². The van der Waals surface area contributed by atoms with Crippen molar-refractivity contribution in [2.24, 2.45) is 0 Å². The molecule has 0 spiro atoms. The summed E-state index contributed by atoms with van der Waals surface area (Å²) in [6, 6.07) is 73.6. The van der Waals surface area contributed by atoms with Crippen LogP contribution in [0.2, 0.25) is 0 Å². The summed E-state index contributed by atoms with van der Waals surface area (Å²) in [5.41, 5.74) is 18.8. The lowest BCUT2D eigenvalue weighted by molar-refractivity contribution is 0.805. The largest absolute Gasteiger partial charge is 0.309 e. The first-order chi connectivity index (χ1) is 29.1. The molecule has 1 atom stereocenters. The number of fused-ring (bicyclic) bond motifs is 3. The third-order valence-corrected chi connectivity index (χ3v) is 12.0. The normalized spacial score (nSPS) is 13.2. The summed E-state index contributed by atoms with van der Waals surface area (Å²) in [6.07, 6.45) is 11.0. The van der Waals surface area contributed by atoms with Crippen molar-refractivity contribution < 1.29 is 0 Å². The summed E-state index contributed by atoms with van der Waals surface area (Å²) in [5, 5.41) is 2.55. The molecule has 1 unspecified atom stereocenters. The number of rotatable bonds is 9. The molecule has 0 aliphatic heterocycles. The fraction of sp³-hybridized carbons (Fsp3) is 0.0690. The Labute approximate surface area is 347 Å². The van der Waals surface area contributed by atoms with E-state index in [-0.39, 0.29) is 5.92 Å². The molecule has 1 aromatic heterocycles. The van der Waals surface area contributed by atoms with E-state index in [0.29, 0.717) is 0 Å². The van der Waals surface area contributed by atoms with Crippen LogP contribution in [0.15, 0.2) is 230 Å². The minimum absolute atomic E-state index is 0.194. The Morgan fingerprint density at radius 3 is 1.49 bits per heavy atom. The average Bonchev–Trinajstić information content (AvgIpc) is 3.48. The molecule has 0 amide bonds. The van der Waals surface area contributed by atoms with Crippen molar-refractivity contribution in [3.8, 4) is 44.5 Å². The third-order valence-electron chi connectivity index (χ3n) is 12.0. The number of allylic oxidation sites excluding steroid dienone is 6. The number of aromatic nitrogens is 1. The monoisotopic (exact) mass is 755 g/mol. The fourth-order valence-electron chi connectivity index (χ4n) is 8.78. The summed E-state index contributed by atoms with van der Waals surface area (Å²) < 4.78 is 2.42. The van der Waals surface area contributed by atoms with Gasteiger partial charge in [-0.3, -0.25) is 0 Å². The minimum Gasteiger partial charge on any atom is -0.309 e.